The highest BCUT2D eigenvalue weighted by atomic mass is 16.5. The number of aryl methyl sites for hydroxylation is 2. The van der Waals surface area contributed by atoms with E-state index in [2.05, 4.69) is 15.2 Å². The molecule has 3 heterocycles. The number of nitrogens with one attached hydrogen (secondary N) is 1. The first-order chi connectivity index (χ1) is 14.9. The maximum Gasteiger partial charge on any atom is 0.339 e. The van der Waals surface area contributed by atoms with Gasteiger partial charge in [0.05, 0.1) is 24.3 Å². The van der Waals surface area contributed by atoms with Crippen LogP contribution in [0.3, 0.4) is 0 Å². The Morgan fingerprint density at radius 1 is 1.16 bits per heavy atom. The van der Waals surface area contributed by atoms with Gasteiger partial charge in [-0.3, -0.25) is 9.59 Å². The van der Waals surface area contributed by atoms with Crippen LogP contribution in [0.5, 0.6) is 0 Å². The van der Waals surface area contributed by atoms with Crippen molar-refractivity contribution in [3.05, 3.63) is 47.0 Å². The molecule has 0 aromatic carbocycles. The van der Waals surface area contributed by atoms with Gasteiger partial charge in [0.1, 0.15) is 17.3 Å². The predicted molar refractivity (Wildman–Crippen MR) is 114 cm³/mol. The largest absolute Gasteiger partial charge is 0.466 e. The monoisotopic (exact) mass is 428 g/mol. The minimum Gasteiger partial charge on any atom is -0.466 e. The Morgan fingerprint density at radius 3 is 2.61 bits per heavy atom. The molecule has 2 amide bonds. The lowest BCUT2D eigenvalue weighted by Crippen LogP contribution is -2.42. The second-order valence-corrected chi connectivity index (χ2v) is 7.36. The van der Waals surface area contributed by atoms with E-state index in [0.29, 0.717) is 48.9 Å². The third kappa shape index (κ3) is 5.62. The van der Waals surface area contributed by atoms with Gasteiger partial charge in [0.15, 0.2) is 0 Å². The minimum absolute atomic E-state index is 0.0605. The molecule has 2 aromatic rings. The summed E-state index contributed by atoms with van der Waals surface area (Å²) < 4.78 is 10.3. The van der Waals surface area contributed by atoms with E-state index in [0.717, 1.165) is 18.8 Å². The van der Waals surface area contributed by atoms with Crippen molar-refractivity contribution in [2.45, 2.75) is 27.2 Å². The summed E-state index contributed by atoms with van der Waals surface area (Å²) in [5.74, 6) is 1.11. The quantitative estimate of drug-likeness (QED) is 0.701. The molecule has 3 rings (SSSR count). The van der Waals surface area contributed by atoms with Crippen LogP contribution in [-0.2, 0) is 9.53 Å². The van der Waals surface area contributed by atoms with Gasteiger partial charge < -0.3 is 24.3 Å². The number of aromatic nitrogens is 1. The summed E-state index contributed by atoms with van der Waals surface area (Å²) in [4.78, 5) is 44.9. The fourth-order valence-corrected chi connectivity index (χ4v) is 3.52. The lowest BCUT2D eigenvalue weighted by Gasteiger charge is -2.23. The molecule has 9 nitrogen and oxygen atoms in total. The molecule has 1 aliphatic heterocycles. The van der Waals surface area contributed by atoms with Gasteiger partial charge in [0.25, 0.3) is 5.91 Å². The molecule has 1 fully saturated rings. The van der Waals surface area contributed by atoms with Crippen LogP contribution >= 0.6 is 0 Å². The number of amides is 2. The van der Waals surface area contributed by atoms with E-state index in [1.54, 1.807) is 43.9 Å². The Labute approximate surface area is 181 Å². The van der Waals surface area contributed by atoms with Crippen LogP contribution in [0.2, 0.25) is 0 Å². The van der Waals surface area contributed by atoms with Crippen LogP contribution in [0.25, 0.3) is 0 Å². The number of anilines is 1. The number of rotatable bonds is 6. The first kappa shape index (κ1) is 22.3. The maximum atomic E-state index is 12.6. The number of pyridine rings is 1. The molecule has 166 valence electrons. The number of hydrogen-bond acceptors (Lipinski definition) is 7. The number of hydrogen-bond donors (Lipinski definition) is 1. The Hall–Kier alpha value is -3.36. The highest BCUT2D eigenvalue weighted by Gasteiger charge is 2.21. The van der Waals surface area contributed by atoms with Crippen LogP contribution in [-0.4, -0.2) is 67.0 Å². The van der Waals surface area contributed by atoms with Gasteiger partial charge in [-0.1, -0.05) is 0 Å². The summed E-state index contributed by atoms with van der Waals surface area (Å²) >= 11 is 0. The molecule has 1 saturated heterocycles. The Balaban J connectivity index is 1.52. The summed E-state index contributed by atoms with van der Waals surface area (Å²) in [6.45, 7) is 8.01. The fourth-order valence-electron chi connectivity index (χ4n) is 3.52. The zero-order valence-corrected chi connectivity index (χ0v) is 18.1. The van der Waals surface area contributed by atoms with Gasteiger partial charge >= 0.3 is 5.97 Å². The van der Waals surface area contributed by atoms with Gasteiger partial charge in [0, 0.05) is 32.4 Å². The number of carbonyl (C=O) groups is 3. The van der Waals surface area contributed by atoms with Crippen LogP contribution in [0, 0.1) is 13.8 Å². The van der Waals surface area contributed by atoms with E-state index >= 15 is 0 Å². The fraction of sp³-hybridized carbons (Fsp3) is 0.455. The third-order valence-corrected chi connectivity index (χ3v) is 5.12. The average molecular weight is 428 g/mol. The normalized spacial score (nSPS) is 14.2. The van der Waals surface area contributed by atoms with Crippen LogP contribution in [0.4, 0.5) is 5.82 Å². The van der Waals surface area contributed by atoms with Gasteiger partial charge in [0.2, 0.25) is 5.91 Å². The van der Waals surface area contributed by atoms with Crippen molar-refractivity contribution in [2.24, 2.45) is 0 Å². The number of esters is 1. The number of carbonyl (C=O) groups excluding carboxylic acids is 3. The average Bonchev–Trinajstić information content (AvgIpc) is 2.95. The minimum atomic E-state index is -0.392. The third-order valence-electron chi connectivity index (χ3n) is 5.12. The van der Waals surface area contributed by atoms with Crippen molar-refractivity contribution < 1.29 is 23.5 Å². The molecular formula is C22H28N4O5. The van der Waals surface area contributed by atoms with Crippen molar-refractivity contribution in [2.75, 3.05) is 44.2 Å². The first-order valence-electron chi connectivity index (χ1n) is 10.4. The van der Waals surface area contributed by atoms with Crippen LogP contribution < -0.4 is 10.2 Å². The van der Waals surface area contributed by atoms with Gasteiger partial charge in [-0.2, -0.15) is 0 Å². The van der Waals surface area contributed by atoms with E-state index in [-0.39, 0.29) is 18.4 Å². The lowest BCUT2D eigenvalue weighted by atomic mass is 10.2. The Bertz CT molecular complexity index is 938. The molecule has 0 aliphatic carbocycles. The molecule has 0 atom stereocenters. The molecule has 9 heteroatoms. The first-order valence-corrected chi connectivity index (χ1v) is 10.4. The summed E-state index contributed by atoms with van der Waals surface area (Å²) in [7, 11) is 0. The zero-order valence-electron chi connectivity index (χ0n) is 18.1. The second kappa shape index (κ2) is 10.1. The lowest BCUT2D eigenvalue weighted by molar-refractivity contribution is -0.129. The molecule has 2 aromatic heterocycles. The Kier molecular flexibility index (Phi) is 7.28. The number of ether oxygens (including phenoxy) is 1. The smallest absolute Gasteiger partial charge is 0.339 e. The maximum absolute atomic E-state index is 12.6. The highest BCUT2D eigenvalue weighted by molar-refractivity contribution is 5.97. The molecule has 1 N–H and O–H groups in total. The van der Waals surface area contributed by atoms with Gasteiger partial charge in [-0.15, -0.1) is 0 Å². The summed E-state index contributed by atoms with van der Waals surface area (Å²) in [6.07, 6.45) is 2.29. The SMILES string of the molecule is CCOC(=O)c1ccc(N2CCCN(C(=O)CNC(=O)c3cc(C)oc3C)CC2)nc1. The summed E-state index contributed by atoms with van der Waals surface area (Å²) in [6, 6.07) is 5.15. The van der Waals surface area contributed by atoms with E-state index in [9.17, 15) is 14.4 Å². The second-order valence-electron chi connectivity index (χ2n) is 7.36. The predicted octanol–water partition coefficient (Wildman–Crippen LogP) is 1.94. The molecule has 0 radical (unpaired) electrons. The summed E-state index contributed by atoms with van der Waals surface area (Å²) in [5.41, 5.74) is 0.862. The van der Waals surface area contributed by atoms with E-state index in [1.165, 1.54) is 6.20 Å². The van der Waals surface area contributed by atoms with Crippen LogP contribution in [0.15, 0.2) is 28.8 Å². The molecule has 31 heavy (non-hydrogen) atoms. The van der Waals surface area contributed by atoms with E-state index in [4.69, 9.17) is 9.15 Å². The van der Waals surface area contributed by atoms with Crippen molar-refractivity contribution in [1.82, 2.24) is 15.2 Å². The number of nitrogens with zero attached hydrogens (tertiary/aromatic N) is 3. The molecule has 0 unspecified atom stereocenters. The molecule has 1 aliphatic rings. The van der Waals surface area contributed by atoms with Crippen molar-refractivity contribution in [3.8, 4) is 0 Å². The molecule has 0 spiro atoms. The van der Waals surface area contributed by atoms with Gasteiger partial charge in [-0.25, -0.2) is 9.78 Å². The highest BCUT2D eigenvalue weighted by Crippen LogP contribution is 2.16. The van der Waals surface area contributed by atoms with Crippen molar-refractivity contribution in [1.29, 1.82) is 0 Å². The topological polar surface area (TPSA) is 105 Å². The Morgan fingerprint density at radius 2 is 1.97 bits per heavy atom. The molecule has 0 saturated carbocycles. The molecular weight excluding hydrogens is 400 g/mol. The van der Waals surface area contributed by atoms with Crippen molar-refractivity contribution >= 4 is 23.6 Å². The van der Waals surface area contributed by atoms with E-state index in [1.807, 2.05) is 0 Å². The van der Waals surface area contributed by atoms with Crippen molar-refractivity contribution in [3.63, 3.8) is 0 Å². The number of furan rings is 1. The van der Waals surface area contributed by atoms with Gasteiger partial charge in [-0.05, 0) is 45.4 Å². The van der Waals surface area contributed by atoms with Crippen LogP contribution in [0.1, 0.15) is 45.6 Å². The van der Waals surface area contributed by atoms with E-state index < -0.39 is 5.97 Å². The molecule has 0 bridgehead atoms. The summed E-state index contributed by atoms with van der Waals surface area (Å²) in [5, 5.41) is 2.68. The zero-order chi connectivity index (χ0) is 22.4. The standard InChI is InChI=1S/C22H28N4O5/c1-4-30-22(29)17-6-7-19(23-13-17)25-8-5-9-26(11-10-25)20(27)14-24-21(28)18-12-15(2)31-16(18)3/h6-7,12-13H,4-5,8-11,14H2,1-3H3,(H,24,28).